The van der Waals surface area contributed by atoms with Crippen LogP contribution in [0.15, 0.2) is 60.7 Å². The Morgan fingerprint density at radius 1 is 0.812 bits per heavy atom. The van der Waals surface area contributed by atoms with E-state index in [0.717, 1.165) is 22.4 Å². The molecular weight excluding hydrogens is 427 g/mol. The summed E-state index contributed by atoms with van der Waals surface area (Å²) >= 11 is 5.77. The lowest BCUT2D eigenvalue weighted by Crippen LogP contribution is -2.34. The van der Waals surface area contributed by atoms with Gasteiger partial charge in [0.25, 0.3) is 0 Å². The van der Waals surface area contributed by atoms with Crippen LogP contribution in [0.3, 0.4) is 0 Å². The zero-order valence-corrected chi connectivity index (χ0v) is 19.5. The minimum Gasteiger partial charge on any atom is -0.495 e. The Bertz CT molecular complexity index is 1070. The molecule has 0 aliphatic rings. The molecule has 0 amide bonds. The Hall–Kier alpha value is -3.32. The fourth-order valence-electron chi connectivity index (χ4n) is 3.32. The van der Waals surface area contributed by atoms with E-state index >= 15 is 0 Å². The Labute approximate surface area is 193 Å². The predicted octanol–water partition coefficient (Wildman–Crippen LogP) is 5.56. The second-order valence-corrected chi connectivity index (χ2v) is 7.69. The second kappa shape index (κ2) is 10.8. The molecule has 3 rings (SSSR count). The summed E-state index contributed by atoms with van der Waals surface area (Å²) in [6, 6.07) is 18.0. The van der Waals surface area contributed by atoms with E-state index in [9.17, 15) is 4.39 Å². The Morgan fingerprint density at radius 3 is 2.06 bits per heavy atom. The van der Waals surface area contributed by atoms with Crippen molar-refractivity contribution in [3.63, 3.8) is 0 Å². The molecule has 7 heteroatoms. The third-order valence-corrected chi connectivity index (χ3v) is 5.35. The van der Waals surface area contributed by atoms with E-state index in [0.29, 0.717) is 35.5 Å². The van der Waals surface area contributed by atoms with Crippen LogP contribution < -0.4 is 19.5 Å². The van der Waals surface area contributed by atoms with E-state index in [4.69, 9.17) is 26.4 Å². The van der Waals surface area contributed by atoms with Gasteiger partial charge in [0.05, 0.1) is 27.0 Å². The van der Waals surface area contributed by atoms with Crippen LogP contribution in [-0.2, 0) is 13.1 Å². The van der Waals surface area contributed by atoms with Crippen LogP contribution in [0.4, 0.5) is 10.1 Å². The summed E-state index contributed by atoms with van der Waals surface area (Å²) in [5.74, 6) is 1.73. The molecule has 3 aromatic rings. The number of nitrogens with zero attached hydrogens (tertiary/aromatic N) is 1. The average Bonchev–Trinajstić information content (AvgIpc) is 2.80. The van der Waals surface area contributed by atoms with Gasteiger partial charge in [-0.05, 0) is 72.2 Å². The minimum atomic E-state index is -0.273. The lowest BCUT2D eigenvalue weighted by atomic mass is 10.1. The molecule has 0 aliphatic heterocycles. The molecule has 0 saturated heterocycles. The summed E-state index contributed by atoms with van der Waals surface area (Å²) < 4.78 is 29.7. The van der Waals surface area contributed by atoms with Gasteiger partial charge >= 0.3 is 0 Å². The quantitative estimate of drug-likeness (QED) is 0.450. The van der Waals surface area contributed by atoms with Crippen LogP contribution >= 0.6 is 12.2 Å². The molecule has 5 nitrogen and oxygen atoms in total. The molecule has 0 radical (unpaired) electrons. The Balaban J connectivity index is 1.89. The lowest BCUT2D eigenvalue weighted by Gasteiger charge is -2.27. The molecule has 0 fully saturated rings. The van der Waals surface area contributed by atoms with Crippen molar-refractivity contribution < 1.29 is 18.6 Å². The van der Waals surface area contributed by atoms with Gasteiger partial charge in [-0.3, -0.25) is 0 Å². The van der Waals surface area contributed by atoms with Gasteiger partial charge in [0.1, 0.15) is 11.6 Å². The van der Waals surface area contributed by atoms with Crippen molar-refractivity contribution in [3.8, 4) is 17.2 Å². The maximum Gasteiger partial charge on any atom is 0.174 e. The third kappa shape index (κ3) is 5.88. The maximum absolute atomic E-state index is 13.4. The largest absolute Gasteiger partial charge is 0.495 e. The molecule has 0 atom stereocenters. The van der Waals surface area contributed by atoms with Crippen LogP contribution in [0.1, 0.15) is 16.7 Å². The van der Waals surface area contributed by atoms with E-state index in [1.807, 2.05) is 48.2 Å². The summed E-state index contributed by atoms with van der Waals surface area (Å²) in [6.45, 7) is 3.01. The van der Waals surface area contributed by atoms with Gasteiger partial charge in [0.2, 0.25) is 0 Å². The summed E-state index contributed by atoms with van der Waals surface area (Å²) in [5, 5.41) is 3.83. The van der Waals surface area contributed by atoms with E-state index in [2.05, 4.69) is 5.32 Å². The van der Waals surface area contributed by atoms with Crippen LogP contribution in [0.25, 0.3) is 0 Å². The molecule has 0 unspecified atom stereocenters. The molecule has 32 heavy (non-hydrogen) atoms. The predicted molar refractivity (Wildman–Crippen MR) is 129 cm³/mol. The molecule has 0 heterocycles. The number of rotatable bonds is 8. The van der Waals surface area contributed by atoms with Crippen LogP contribution in [0, 0.1) is 12.7 Å². The van der Waals surface area contributed by atoms with Crippen molar-refractivity contribution in [1.82, 2.24) is 4.90 Å². The molecule has 168 valence electrons. The number of benzene rings is 3. The van der Waals surface area contributed by atoms with Crippen LogP contribution in [0.5, 0.6) is 17.2 Å². The second-order valence-electron chi connectivity index (χ2n) is 7.31. The number of methoxy groups -OCH3 is 3. The van der Waals surface area contributed by atoms with E-state index in [1.54, 1.807) is 33.5 Å². The zero-order valence-electron chi connectivity index (χ0n) is 18.6. The summed E-state index contributed by atoms with van der Waals surface area (Å²) in [6.07, 6.45) is 0. The van der Waals surface area contributed by atoms with Gasteiger partial charge in [-0.2, -0.15) is 0 Å². The van der Waals surface area contributed by atoms with Crippen molar-refractivity contribution in [2.24, 2.45) is 0 Å². The van der Waals surface area contributed by atoms with Crippen molar-refractivity contribution >= 4 is 23.0 Å². The van der Waals surface area contributed by atoms with Crippen molar-refractivity contribution in [2.75, 3.05) is 26.6 Å². The van der Waals surface area contributed by atoms with E-state index < -0.39 is 0 Å². The highest BCUT2D eigenvalue weighted by Crippen LogP contribution is 2.29. The van der Waals surface area contributed by atoms with Gasteiger partial charge in [-0.25, -0.2) is 4.39 Å². The van der Waals surface area contributed by atoms with E-state index in [1.165, 1.54) is 12.1 Å². The first kappa shape index (κ1) is 23.3. The van der Waals surface area contributed by atoms with Crippen LogP contribution in [-0.4, -0.2) is 31.3 Å². The fourth-order valence-corrected chi connectivity index (χ4v) is 3.56. The number of hydrogen-bond acceptors (Lipinski definition) is 4. The first-order chi connectivity index (χ1) is 15.4. The topological polar surface area (TPSA) is 43.0 Å². The third-order valence-electron chi connectivity index (χ3n) is 4.99. The van der Waals surface area contributed by atoms with Crippen LogP contribution in [0.2, 0.25) is 0 Å². The number of thiocarbonyl (C=S) groups is 1. The highest BCUT2D eigenvalue weighted by atomic mass is 32.1. The number of ether oxygens (including phenoxy) is 3. The molecular formula is C25H27FN2O3S. The summed E-state index contributed by atoms with van der Waals surface area (Å²) in [7, 11) is 4.83. The molecule has 1 N–H and O–H groups in total. The molecule has 0 aliphatic carbocycles. The average molecular weight is 455 g/mol. The van der Waals surface area contributed by atoms with Gasteiger partial charge in [-0.15, -0.1) is 0 Å². The van der Waals surface area contributed by atoms with Gasteiger partial charge in [0, 0.05) is 13.1 Å². The van der Waals surface area contributed by atoms with E-state index in [-0.39, 0.29) is 5.82 Å². The number of nitrogens with one attached hydrogen (secondary N) is 1. The summed E-state index contributed by atoms with van der Waals surface area (Å²) in [4.78, 5) is 2.01. The Morgan fingerprint density at radius 2 is 1.41 bits per heavy atom. The molecule has 0 spiro atoms. The standard InChI is InChI=1S/C25H27FN2O3S/c1-17-5-11-22(29-2)21(13-17)27-25(32)28(15-18-6-9-20(26)10-7-18)16-19-8-12-23(30-3)24(14-19)31-4/h5-14H,15-16H2,1-4H3,(H,27,32). The first-order valence-electron chi connectivity index (χ1n) is 10.1. The Kier molecular flexibility index (Phi) is 7.89. The fraction of sp³-hybridized carbons (Fsp3) is 0.240. The number of aryl methyl sites for hydroxylation is 1. The van der Waals surface area contributed by atoms with Gasteiger partial charge < -0.3 is 24.4 Å². The van der Waals surface area contributed by atoms with Crippen molar-refractivity contribution in [1.29, 1.82) is 0 Å². The van der Waals surface area contributed by atoms with Gasteiger partial charge in [0.15, 0.2) is 16.6 Å². The highest BCUT2D eigenvalue weighted by molar-refractivity contribution is 7.80. The minimum absolute atomic E-state index is 0.273. The van der Waals surface area contributed by atoms with Gasteiger partial charge in [-0.1, -0.05) is 24.3 Å². The smallest absolute Gasteiger partial charge is 0.174 e. The van der Waals surface area contributed by atoms with Crippen molar-refractivity contribution in [2.45, 2.75) is 20.0 Å². The summed E-state index contributed by atoms with van der Waals surface area (Å²) in [5.41, 5.74) is 3.80. The number of anilines is 1. The van der Waals surface area contributed by atoms with Crippen molar-refractivity contribution in [3.05, 3.63) is 83.2 Å². The lowest BCUT2D eigenvalue weighted by molar-refractivity contribution is 0.352. The molecule has 0 bridgehead atoms. The SMILES string of the molecule is COc1ccc(C)cc1NC(=S)N(Cc1ccc(F)cc1)Cc1ccc(OC)c(OC)c1. The monoisotopic (exact) mass is 454 g/mol. The highest BCUT2D eigenvalue weighted by Gasteiger charge is 2.15. The number of halogens is 1. The number of hydrogen-bond donors (Lipinski definition) is 1. The maximum atomic E-state index is 13.4. The molecule has 0 saturated carbocycles. The zero-order chi connectivity index (χ0) is 23.1. The normalized spacial score (nSPS) is 10.4. The molecule has 0 aromatic heterocycles. The first-order valence-corrected chi connectivity index (χ1v) is 10.5. The molecule has 3 aromatic carbocycles.